The first-order valence-corrected chi connectivity index (χ1v) is 11.7. The molecule has 0 bridgehead atoms. The van der Waals surface area contributed by atoms with Crippen LogP contribution in [-0.4, -0.2) is 6.15 Å². The Labute approximate surface area is 243 Å². The molecule has 0 heterocycles. The molecule has 0 nitrogen and oxygen atoms in total. The minimum Gasteiger partial charge on any atom is -0.195 e. The third-order valence-electron chi connectivity index (χ3n) is 6.95. The zero-order chi connectivity index (χ0) is 30.4. The summed E-state index contributed by atoms with van der Waals surface area (Å²) in [5, 5.41) is 0. The second kappa shape index (κ2) is 11.4. The van der Waals surface area contributed by atoms with E-state index in [2.05, 4.69) is 0 Å². The van der Waals surface area contributed by atoms with Crippen LogP contribution in [0.15, 0.2) is 97.1 Å². The van der Waals surface area contributed by atoms with Crippen molar-refractivity contribution in [2.24, 2.45) is 0 Å². The first-order chi connectivity index (χ1) is 18.8. The third kappa shape index (κ3) is 6.52. The quantitative estimate of drug-likeness (QED) is 0.245. The average molecular weight is 598 g/mol. The monoisotopic (exact) mass is 598 g/mol. The summed E-state index contributed by atoms with van der Waals surface area (Å²) in [5.41, 5.74) is -4.29. The molecule has 0 aromatic heterocycles. The van der Waals surface area contributed by atoms with Gasteiger partial charge < -0.3 is 0 Å². The van der Waals surface area contributed by atoms with E-state index in [1.54, 1.807) is 0 Å². The summed E-state index contributed by atoms with van der Waals surface area (Å²) in [6.07, 6.45) is -22.0. The number of hydrogen-bond acceptors (Lipinski definition) is 0. The molecule has 0 aliphatic carbocycles. The number of hydrogen-bond donors (Lipinski definition) is 0. The molecule has 0 fully saturated rings. The van der Waals surface area contributed by atoms with E-state index in [0.29, 0.717) is 48.5 Å². The largest absolute Gasteiger partial charge is 1.00 e. The van der Waals surface area contributed by atoms with Crippen molar-refractivity contribution in [3.63, 3.8) is 0 Å². The molecule has 0 saturated carbocycles. The minimum absolute atomic E-state index is 0. The molecule has 0 saturated heterocycles. The molecule has 0 N–H and O–H groups in total. The van der Waals surface area contributed by atoms with Crippen LogP contribution in [0.2, 0.25) is 0 Å². The van der Waals surface area contributed by atoms with Crippen molar-refractivity contribution in [1.29, 1.82) is 0 Å². The first kappa shape index (κ1) is 33.2. The van der Waals surface area contributed by atoms with Crippen LogP contribution in [0.25, 0.3) is 0 Å². The Morgan fingerprint density at radius 1 is 0.286 bits per heavy atom. The smallest absolute Gasteiger partial charge is 0.195 e. The predicted octanol–water partition coefficient (Wildman–Crippen LogP) is 4.14. The molecule has 0 spiro atoms. The van der Waals surface area contributed by atoms with Crippen molar-refractivity contribution in [2.75, 3.05) is 0 Å². The molecule has 0 radical (unpaired) electrons. The van der Waals surface area contributed by atoms with Gasteiger partial charge >= 0.3 is 43.6 Å². The second-order valence-corrected chi connectivity index (χ2v) is 9.35. The predicted molar refractivity (Wildman–Crippen MR) is 130 cm³/mol. The Morgan fingerprint density at radius 3 is 0.548 bits per heavy atom. The van der Waals surface area contributed by atoms with Crippen molar-refractivity contribution in [1.82, 2.24) is 0 Å². The number of rotatable bonds is 4. The Bertz CT molecular complexity index is 1250. The molecule has 42 heavy (non-hydrogen) atoms. The van der Waals surface area contributed by atoms with Gasteiger partial charge in [-0.15, -0.1) is 0 Å². The fraction of sp³-hybridized carbons (Fsp3) is 0.143. The summed E-state index contributed by atoms with van der Waals surface area (Å²) in [6.45, 7) is 0. The molecule has 216 valence electrons. The standard InChI is InChI=1S/C28H16BF12.Li/c30-25(31,32)17-1-9-21(10-2-17)29(22-11-3-18(4-12-22)26(33,34)35,23-13-5-19(6-14-23)27(36,37)38)24-15-7-20(8-16-24)28(39,40)41;/h1-16H;/q-1;+1. The maximum absolute atomic E-state index is 13.3. The van der Waals surface area contributed by atoms with E-state index in [-0.39, 0.29) is 40.7 Å². The first-order valence-electron chi connectivity index (χ1n) is 11.7. The van der Waals surface area contributed by atoms with Crippen molar-refractivity contribution in [3.8, 4) is 0 Å². The Hall–Kier alpha value is -3.30. The van der Waals surface area contributed by atoms with Gasteiger partial charge in [0.05, 0.1) is 22.3 Å². The maximum atomic E-state index is 13.3. The molecule has 0 unspecified atom stereocenters. The van der Waals surface area contributed by atoms with Gasteiger partial charge in [0.15, 0.2) is 0 Å². The summed E-state index contributed by atoms with van der Waals surface area (Å²) in [4.78, 5) is 0. The van der Waals surface area contributed by atoms with Gasteiger partial charge in [0.2, 0.25) is 0 Å². The molecular formula is C28H16BF12Li. The fourth-order valence-electron chi connectivity index (χ4n) is 5.00. The summed E-state index contributed by atoms with van der Waals surface area (Å²) in [7, 11) is 0. The van der Waals surface area contributed by atoms with Gasteiger partial charge in [0, 0.05) is 0 Å². The number of benzene rings is 4. The Kier molecular flexibility index (Phi) is 9.03. The van der Waals surface area contributed by atoms with Gasteiger partial charge in [-0.1, -0.05) is 97.1 Å². The van der Waals surface area contributed by atoms with Gasteiger partial charge in [-0.25, -0.2) is 0 Å². The van der Waals surface area contributed by atoms with E-state index in [9.17, 15) is 52.7 Å². The molecule has 0 aliphatic rings. The van der Waals surface area contributed by atoms with E-state index in [4.69, 9.17) is 0 Å². The molecule has 4 rings (SSSR count). The third-order valence-corrected chi connectivity index (χ3v) is 6.95. The summed E-state index contributed by atoms with van der Waals surface area (Å²) in [6, 6.07) is 13.6. The minimum atomic E-state index is -4.77. The van der Waals surface area contributed by atoms with Gasteiger partial charge in [0.25, 0.3) is 0 Å². The van der Waals surface area contributed by atoms with Crippen LogP contribution in [0.1, 0.15) is 22.3 Å². The van der Waals surface area contributed by atoms with Crippen LogP contribution in [0.3, 0.4) is 0 Å². The summed E-state index contributed by atoms with van der Waals surface area (Å²) < 4.78 is 160. The molecule has 0 atom stereocenters. The molecule has 4 aromatic rings. The van der Waals surface area contributed by atoms with Gasteiger partial charge in [0.1, 0.15) is 6.15 Å². The van der Waals surface area contributed by atoms with E-state index >= 15 is 0 Å². The van der Waals surface area contributed by atoms with Crippen LogP contribution in [0.4, 0.5) is 52.7 Å². The van der Waals surface area contributed by atoms with Crippen LogP contribution >= 0.6 is 0 Å². The average Bonchev–Trinajstić information content (AvgIpc) is 2.88. The Morgan fingerprint density at radius 2 is 0.429 bits per heavy atom. The van der Waals surface area contributed by atoms with Crippen molar-refractivity contribution in [2.45, 2.75) is 24.7 Å². The van der Waals surface area contributed by atoms with Crippen LogP contribution in [0, 0.1) is 0 Å². The molecule has 0 amide bonds. The van der Waals surface area contributed by atoms with E-state index < -0.39 is 53.1 Å². The zero-order valence-corrected chi connectivity index (χ0v) is 21.4. The van der Waals surface area contributed by atoms with Gasteiger partial charge in [-0.3, -0.25) is 0 Å². The Balaban J connectivity index is 0.00000484. The van der Waals surface area contributed by atoms with Gasteiger partial charge in [-0.2, -0.15) is 74.5 Å². The van der Waals surface area contributed by atoms with E-state index in [0.717, 1.165) is 48.5 Å². The number of alkyl halides is 12. The fourth-order valence-corrected chi connectivity index (χ4v) is 5.00. The normalized spacial score (nSPS) is 13.0. The molecular weight excluding hydrogens is 582 g/mol. The zero-order valence-electron chi connectivity index (χ0n) is 21.4. The van der Waals surface area contributed by atoms with Crippen molar-refractivity contribution < 1.29 is 71.5 Å². The molecule has 0 aliphatic heterocycles. The number of halogens is 12. The van der Waals surface area contributed by atoms with Crippen LogP contribution in [-0.2, 0) is 24.7 Å². The summed E-state index contributed by atoms with van der Waals surface area (Å²) in [5.74, 6) is 0. The van der Waals surface area contributed by atoms with Crippen molar-refractivity contribution in [3.05, 3.63) is 119 Å². The topological polar surface area (TPSA) is 0 Å². The van der Waals surface area contributed by atoms with E-state index in [1.807, 2.05) is 0 Å². The second-order valence-electron chi connectivity index (χ2n) is 9.35. The van der Waals surface area contributed by atoms with Crippen LogP contribution < -0.4 is 40.7 Å². The van der Waals surface area contributed by atoms with Crippen LogP contribution in [0.5, 0.6) is 0 Å². The van der Waals surface area contributed by atoms with Gasteiger partial charge in [-0.05, 0) is 0 Å². The van der Waals surface area contributed by atoms with E-state index in [1.165, 1.54) is 0 Å². The summed E-state index contributed by atoms with van der Waals surface area (Å²) >= 11 is 0. The molecule has 14 heteroatoms. The molecule has 4 aromatic carbocycles. The van der Waals surface area contributed by atoms with Crippen molar-refractivity contribution >= 4 is 28.0 Å². The SMILES string of the molecule is FC(F)(F)c1ccc([B-](c2ccc(C(F)(F)F)cc2)(c2ccc(C(F)(F)F)cc2)c2ccc(C(F)(F)F)cc2)cc1.[Li+]. The maximum Gasteiger partial charge on any atom is 1.00 e.